The molecule has 20 heavy (non-hydrogen) atoms. The lowest BCUT2D eigenvalue weighted by Gasteiger charge is -2.16. The normalized spacial score (nSPS) is 11.4. The molecule has 2 aromatic rings. The molecule has 0 amide bonds. The molecule has 2 aromatic carbocycles. The van der Waals surface area contributed by atoms with E-state index in [4.69, 9.17) is 4.74 Å². The quantitative estimate of drug-likeness (QED) is 0.602. The number of benzene rings is 2. The highest BCUT2D eigenvalue weighted by atomic mass is 19.4. The largest absolute Gasteiger partial charge is 0.509 e. The lowest BCUT2D eigenvalue weighted by atomic mass is 9.80. The molecule has 0 atom stereocenters. The van der Waals surface area contributed by atoms with Crippen molar-refractivity contribution in [1.29, 1.82) is 0 Å². The molecule has 0 fully saturated rings. The van der Waals surface area contributed by atoms with Gasteiger partial charge in [-0.3, -0.25) is 0 Å². The Balaban J connectivity index is 2.02. The average Bonchev–Trinajstić information content (AvgIpc) is 2.41. The third-order valence-corrected chi connectivity index (χ3v) is 2.82. The molecule has 0 saturated heterocycles. The molecule has 0 heterocycles. The van der Waals surface area contributed by atoms with Gasteiger partial charge in [-0.15, -0.1) is 5.46 Å². The van der Waals surface area contributed by atoms with Gasteiger partial charge in [0.1, 0.15) is 0 Å². The number of rotatable bonds is 5. The molecular formula is C14H12BF4O-. The molecule has 0 unspecified atom stereocenters. The summed E-state index contributed by atoms with van der Waals surface area (Å²) in [5.41, 5.74) is 0.116. The second-order valence-corrected chi connectivity index (χ2v) is 4.35. The van der Waals surface area contributed by atoms with Crippen molar-refractivity contribution in [2.24, 2.45) is 0 Å². The van der Waals surface area contributed by atoms with Crippen LogP contribution in [0.25, 0.3) is 0 Å². The summed E-state index contributed by atoms with van der Waals surface area (Å²) in [7, 11) is 0. The van der Waals surface area contributed by atoms with E-state index in [0.29, 0.717) is 12.5 Å². The molecule has 0 bridgehead atoms. The molecule has 0 radical (unpaired) electrons. The van der Waals surface area contributed by atoms with Gasteiger partial charge >= 0.3 is 6.98 Å². The summed E-state index contributed by atoms with van der Waals surface area (Å²) in [6.45, 7) is -5.03. The van der Waals surface area contributed by atoms with Crippen molar-refractivity contribution in [3.05, 3.63) is 59.9 Å². The molecule has 0 aromatic heterocycles. The third-order valence-electron chi connectivity index (χ3n) is 2.82. The van der Waals surface area contributed by atoms with E-state index < -0.39 is 18.3 Å². The second-order valence-electron chi connectivity index (χ2n) is 4.35. The van der Waals surface area contributed by atoms with Gasteiger partial charge in [-0.2, -0.15) is 0 Å². The second kappa shape index (κ2) is 5.99. The fourth-order valence-corrected chi connectivity index (χ4v) is 1.76. The van der Waals surface area contributed by atoms with Crippen LogP contribution in [0.4, 0.5) is 17.3 Å². The zero-order valence-corrected chi connectivity index (χ0v) is 10.5. The summed E-state index contributed by atoms with van der Waals surface area (Å²) < 4.78 is 56.2. The summed E-state index contributed by atoms with van der Waals surface area (Å²) in [5.74, 6) is -1.15. The molecule has 106 valence electrons. The predicted octanol–water partition coefficient (Wildman–Crippen LogP) is 3.50. The highest BCUT2D eigenvalue weighted by molar-refractivity contribution is 6.73. The minimum absolute atomic E-state index is 0.120. The Morgan fingerprint density at radius 3 is 2.30 bits per heavy atom. The zero-order valence-electron chi connectivity index (χ0n) is 10.5. The first-order valence-corrected chi connectivity index (χ1v) is 6.13. The van der Waals surface area contributed by atoms with Gasteiger partial charge in [0.2, 0.25) is 0 Å². The van der Waals surface area contributed by atoms with Crippen LogP contribution in [0.1, 0.15) is 5.56 Å². The van der Waals surface area contributed by atoms with E-state index in [1.807, 2.05) is 30.3 Å². The van der Waals surface area contributed by atoms with Gasteiger partial charge in [-0.25, -0.2) is 4.39 Å². The smallest absolute Gasteiger partial charge is 0.490 e. The van der Waals surface area contributed by atoms with Crippen LogP contribution in [-0.2, 0) is 6.42 Å². The lowest BCUT2D eigenvalue weighted by molar-refractivity contribution is 0.305. The summed E-state index contributed by atoms with van der Waals surface area (Å²) >= 11 is 0. The molecule has 1 nitrogen and oxygen atoms in total. The molecule has 0 saturated carbocycles. The Labute approximate surface area is 114 Å². The Bertz CT molecular complexity index is 569. The van der Waals surface area contributed by atoms with Gasteiger partial charge in [0, 0.05) is 6.42 Å². The van der Waals surface area contributed by atoms with Crippen LogP contribution >= 0.6 is 0 Å². The van der Waals surface area contributed by atoms with Crippen molar-refractivity contribution in [2.75, 3.05) is 6.61 Å². The maximum absolute atomic E-state index is 13.4. The molecular weight excluding hydrogens is 271 g/mol. The number of halogens is 4. The van der Waals surface area contributed by atoms with E-state index in [1.54, 1.807) is 0 Å². The van der Waals surface area contributed by atoms with Crippen molar-refractivity contribution in [3.63, 3.8) is 0 Å². The van der Waals surface area contributed by atoms with Crippen LogP contribution in [0.5, 0.6) is 5.75 Å². The van der Waals surface area contributed by atoms with Crippen LogP contribution < -0.4 is 10.2 Å². The summed E-state index contributed by atoms with van der Waals surface area (Å²) in [4.78, 5) is 0. The fourth-order valence-electron chi connectivity index (χ4n) is 1.76. The Hall–Kier alpha value is -1.98. The maximum atomic E-state index is 13.4. The van der Waals surface area contributed by atoms with Crippen LogP contribution in [-0.4, -0.2) is 13.6 Å². The van der Waals surface area contributed by atoms with E-state index in [9.17, 15) is 17.3 Å². The standard InChI is InChI=1S/C14H12BF4O/c16-13-7-6-12(15(17,18)19)10-14(13)20-9-8-11-4-2-1-3-5-11/h1-7,10H,8-9H2/q-1. The van der Waals surface area contributed by atoms with Gasteiger partial charge in [0.15, 0.2) is 11.6 Å². The molecule has 2 rings (SSSR count). The van der Waals surface area contributed by atoms with E-state index in [1.165, 1.54) is 0 Å². The number of hydrogen-bond acceptors (Lipinski definition) is 1. The zero-order chi connectivity index (χ0) is 14.6. The van der Waals surface area contributed by atoms with Crippen LogP contribution in [0, 0.1) is 5.82 Å². The molecule has 6 heteroatoms. The highest BCUT2D eigenvalue weighted by Crippen LogP contribution is 2.19. The summed E-state index contributed by atoms with van der Waals surface area (Å²) in [6.07, 6.45) is 0.502. The molecule has 0 N–H and O–H groups in total. The van der Waals surface area contributed by atoms with Gasteiger partial charge < -0.3 is 17.7 Å². The number of hydrogen-bond donors (Lipinski definition) is 0. The topological polar surface area (TPSA) is 9.23 Å². The maximum Gasteiger partial charge on any atom is 0.509 e. The van der Waals surface area contributed by atoms with E-state index in [0.717, 1.165) is 17.7 Å². The Morgan fingerprint density at radius 2 is 1.65 bits per heavy atom. The van der Waals surface area contributed by atoms with Gasteiger partial charge in [0.05, 0.1) is 6.61 Å². The third kappa shape index (κ3) is 3.76. The van der Waals surface area contributed by atoms with Crippen LogP contribution in [0.2, 0.25) is 0 Å². The minimum atomic E-state index is -5.15. The lowest BCUT2D eigenvalue weighted by Crippen LogP contribution is -2.34. The molecule has 0 aliphatic heterocycles. The summed E-state index contributed by atoms with van der Waals surface area (Å²) in [6, 6.07) is 11.5. The van der Waals surface area contributed by atoms with Gasteiger partial charge in [-0.05, 0) is 17.7 Å². The molecule has 0 aliphatic carbocycles. The SMILES string of the molecule is Fc1ccc([B-](F)(F)F)cc1OCCc1ccccc1. The number of ether oxygens (including phenoxy) is 1. The van der Waals surface area contributed by atoms with Crippen molar-refractivity contribution in [2.45, 2.75) is 6.42 Å². The summed E-state index contributed by atoms with van der Waals surface area (Å²) in [5, 5.41) is 0. The van der Waals surface area contributed by atoms with Gasteiger partial charge in [0.25, 0.3) is 0 Å². The van der Waals surface area contributed by atoms with Crippen molar-refractivity contribution < 1.29 is 22.1 Å². The van der Waals surface area contributed by atoms with Crippen molar-refractivity contribution >= 4 is 12.4 Å². The van der Waals surface area contributed by atoms with Crippen LogP contribution in [0.3, 0.4) is 0 Å². The molecule has 0 aliphatic rings. The first-order valence-electron chi connectivity index (χ1n) is 6.13. The highest BCUT2D eigenvalue weighted by Gasteiger charge is 2.26. The first-order chi connectivity index (χ1) is 9.47. The van der Waals surface area contributed by atoms with Gasteiger partial charge in [-0.1, -0.05) is 36.4 Å². The first kappa shape index (κ1) is 14.4. The minimum Gasteiger partial charge on any atom is -0.490 e. The Kier molecular flexibility index (Phi) is 4.32. The predicted molar refractivity (Wildman–Crippen MR) is 70.8 cm³/mol. The van der Waals surface area contributed by atoms with E-state index >= 15 is 0 Å². The average molecular weight is 283 g/mol. The van der Waals surface area contributed by atoms with Crippen molar-refractivity contribution in [3.8, 4) is 5.75 Å². The van der Waals surface area contributed by atoms with E-state index in [2.05, 4.69) is 0 Å². The van der Waals surface area contributed by atoms with E-state index in [-0.39, 0.29) is 12.4 Å². The Morgan fingerprint density at radius 1 is 0.950 bits per heavy atom. The monoisotopic (exact) mass is 283 g/mol. The van der Waals surface area contributed by atoms with Crippen molar-refractivity contribution in [1.82, 2.24) is 0 Å². The van der Waals surface area contributed by atoms with Crippen LogP contribution in [0.15, 0.2) is 48.5 Å². The molecule has 0 spiro atoms. The fraction of sp³-hybridized carbons (Fsp3) is 0.143.